The Labute approximate surface area is 104 Å². The maximum absolute atomic E-state index is 13.7. The van der Waals surface area contributed by atoms with Crippen LogP contribution in [-0.2, 0) is 0 Å². The maximum atomic E-state index is 13.7. The molecule has 1 heterocycles. The summed E-state index contributed by atoms with van der Waals surface area (Å²) in [6, 6.07) is 13.5. The van der Waals surface area contributed by atoms with E-state index >= 15 is 0 Å². The summed E-state index contributed by atoms with van der Waals surface area (Å²) in [5.41, 5.74) is 1.01. The predicted molar refractivity (Wildman–Crippen MR) is 65.2 cm³/mol. The number of para-hydroxylation sites is 1. The van der Waals surface area contributed by atoms with Crippen LogP contribution in [-0.4, -0.2) is 5.78 Å². The molecule has 3 heteroatoms. The van der Waals surface area contributed by atoms with Crippen molar-refractivity contribution in [2.45, 2.75) is 12.5 Å². The van der Waals surface area contributed by atoms with Gasteiger partial charge >= 0.3 is 0 Å². The summed E-state index contributed by atoms with van der Waals surface area (Å²) in [4.78, 5) is 12.0. The number of Topliss-reactive ketones (excluding diaryl/α,β-unsaturated/α-hetero) is 1. The number of carbonyl (C=O) groups is 1. The number of hydrogen-bond acceptors (Lipinski definition) is 2. The Hall–Kier alpha value is -2.16. The molecule has 0 aromatic heterocycles. The number of carbonyl (C=O) groups excluding carboxylic acids is 1. The van der Waals surface area contributed by atoms with Crippen molar-refractivity contribution in [3.8, 4) is 5.75 Å². The molecule has 2 aromatic carbocycles. The van der Waals surface area contributed by atoms with Gasteiger partial charge in [0.2, 0.25) is 0 Å². The summed E-state index contributed by atoms with van der Waals surface area (Å²) >= 11 is 0. The van der Waals surface area contributed by atoms with Gasteiger partial charge in [-0.3, -0.25) is 4.79 Å². The second-order valence-corrected chi connectivity index (χ2v) is 4.25. The fourth-order valence-electron chi connectivity index (χ4n) is 2.18. The highest BCUT2D eigenvalue weighted by molar-refractivity contribution is 5.99. The highest BCUT2D eigenvalue weighted by Gasteiger charge is 2.28. The zero-order valence-electron chi connectivity index (χ0n) is 9.60. The lowest BCUT2D eigenvalue weighted by Gasteiger charge is -2.25. The third-order valence-electron chi connectivity index (χ3n) is 3.08. The van der Waals surface area contributed by atoms with Crippen LogP contribution in [0.3, 0.4) is 0 Å². The molecule has 0 bridgehead atoms. The van der Waals surface area contributed by atoms with Crippen LogP contribution >= 0.6 is 0 Å². The van der Waals surface area contributed by atoms with Crippen LogP contribution in [0.25, 0.3) is 0 Å². The topological polar surface area (TPSA) is 26.3 Å². The lowest BCUT2D eigenvalue weighted by molar-refractivity contribution is 0.0846. The van der Waals surface area contributed by atoms with Gasteiger partial charge in [0.1, 0.15) is 17.7 Å². The van der Waals surface area contributed by atoms with Crippen molar-refractivity contribution in [3.05, 3.63) is 65.5 Å². The average molecular weight is 242 g/mol. The molecular formula is C15H11FO2. The predicted octanol–water partition coefficient (Wildman–Crippen LogP) is 3.53. The molecule has 0 saturated carbocycles. The fourth-order valence-corrected chi connectivity index (χ4v) is 2.18. The van der Waals surface area contributed by atoms with Crippen LogP contribution in [0.2, 0.25) is 0 Å². The molecule has 0 unspecified atom stereocenters. The van der Waals surface area contributed by atoms with Gasteiger partial charge in [-0.25, -0.2) is 4.39 Å². The van der Waals surface area contributed by atoms with E-state index in [4.69, 9.17) is 4.74 Å². The van der Waals surface area contributed by atoms with E-state index in [2.05, 4.69) is 0 Å². The van der Waals surface area contributed by atoms with Crippen LogP contribution in [0.5, 0.6) is 5.75 Å². The lowest BCUT2D eigenvalue weighted by atomic mass is 9.96. The monoisotopic (exact) mass is 242 g/mol. The lowest BCUT2D eigenvalue weighted by Crippen LogP contribution is -2.21. The second kappa shape index (κ2) is 4.26. The molecule has 1 aliphatic heterocycles. The van der Waals surface area contributed by atoms with Crippen molar-refractivity contribution in [1.29, 1.82) is 0 Å². The van der Waals surface area contributed by atoms with Crippen LogP contribution in [0.15, 0.2) is 48.5 Å². The van der Waals surface area contributed by atoms with Crippen LogP contribution in [0.1, 0.15) is 28.4 Å². The van der Waals surface area contributed by atoms with E-state index in [1.807, 2.05) is 0 Å². The molecule has 1 atom stereocenters. The number of halogens is 1. The molecule has 3 rings (SSSR count). The van der Waals surface area contributed by atoms with Crippen molar-refractivity contribution < 1.29 is 13.9 Å². The van der Waals surface area contributed by atoms with E-state index in [9.17, 15) is 9.18 Å². The summed E-state index contributed by atoms with van der Waals surface area (Å²) in [5.74, 6) is 0.182. The molecule has 0 fully saturated rings. The quantitative estimate of drug-likeness (QED) is 0.764. The summed E-state index contributed by atoms with van der Waals surface area (Å²) in [7, 11) is 0. The Balaban J connectivity index is 2.00. The Morgan fingerprint density at radius 3 is 2.61 bits per heavy atom. The number of fused-ring (bicyclic) bond motifs is 1. The Morgan fingerprint density at radius 2 is 1.78 bits per heavy atom. The van der Waals surface area contributed by atoms with Crippen molar-refractivity contribution in [1.82, 2.24) is 0 Å². The van der Waals surface area contributed by atoms with Gasteiger partial charge in [0.15, 0.2) is 5.78 Å². The highest BCUT2D eigenvalue weighted by atomic mass is 19.1. The van der Waals surface area contributed by atoms with E-state index in [0.29, 0.717) is 16.9 Å². The molecular weight excluding hydrogens is 231 g/mol. The second-order valence-electron chi connectivity index (χ2n) is 4.25. The minimum absolute atomic E-state index is 0.00916. The van der Waals surface area contributed by atoms with Gasteiger partial charge in [-0.15, -0.1) is 0 Å². The molecule has 0 N–H and O–H groups in total. The van der Waals surface area contributed by atoms with Crippen LogP contribution < -0.4 is 4.74 Å². The highest BCUT2D eigenvalue weighted by Crippen LogP contribution is 2.35. The molecule has 0 spiro atoms. The normalized spacial score (nSPS) is 18.1. The number of ether oxygens (including phenoxy) is 1. The summed E-state index contributed by atoms with van der Waals surface area (Å²) in [6.07, 6.45) is -0.355. The van der Waals surface area contributed by atoms with Gasteiger partial charge in [-0.05, 0) is 18.2 Å². The van der Waals surface area contributed by atoms with Crippen molar-refractivity contribution in [2.24, 2.45) is 0 Å². The van der Waals surface area contributed by atoms with Gasteiger partial charge in [0.25, 0.3) is 0 Å². The van der Waals surface area contributed by atoms with Crippen molar-refractivity contribution >= 4 is 5.78 Å². The Morgan fingerprint density at radius 1 is 1.06 bits per heavy atom. The van der Waals surface area contributed by atoms with E-state index < -0.39 is 6.10 Å². The molecule has 0 saturated heterocycles. The molecule has 1 aliphatic rings. The molecule has 0 aliphatic carbocycles. The van der Waals surface area contributed by atoms with Gasteiger partial charge in [0.05, 0.1) is 12.0 Å². The standard InChI is InChI=1S/C15H11FO2/c16-12-7-3-1-5-10(12)15-9-13(17)11-6-2-4-8-14(11)18-15/h1-8,15H,9H2/t15-/m1/s1. The van der Waals surface area contributed by atoms with E-state index in [0.717, 1.165) is 0 Å². The largest absolute Gasteiger partial charge is 0.484 e. The number of benzene rings is 2. The SMILES string of the molecule is O=C1C[C@H](c2ccccc2F)Oc2ccccc21. The van der Waals surface area contributed by atoms with Crippen LogP contribution in [0, 0.1) is 5.82 Å². The minimum atomic E-state index is -0.534. The number of hydrogen-bond donors (Lipinski definition) is 0. The first-order valence-corrected chi connectivity index (χ1v) is 5.79. The Bertz CT molecular complexity index is 607. The molecule has 90 valence electrons. The molecule has 2 aromatic rings. The van der Waals surface area contributed by atoms with E-state index in [-0.39, 0.29) is 18.0 Å². The zero-order chi connectivity index (χ0) is 12.5. The van der Waals surface area contributed by atoms with Gasteiger partial charge in [-0.2, -0.15) is 0 Å². The zero-order valence-corrected chi connectivity index (χ0v) is 9.60. The molecule has 18 heavy (non-hydrogen) atoms. The first-order chi connectivity index (χ1) is 8.75. The van der Waals surface area contributed by atoms with Crippen molar-refractivity contribution in [3.63, 3.8) is 0 Å². The number of ketones is 1. The smallest absolute Gasteiger partial charge is 0.170 e. The summed E-state index contributed by atoms with van der Waals surface area (Å²) in [5, 5.41) is 0. The van der Waals surface area contributed by atoms with E-state index in [1.54, 1.807) is 42.5 Å². The van der Waals surface area contributed by atoms with Gasteiger partial charge in [-0.1, -0.05) is 30.3 Å². The Kier molecular flexibility index (Phi) is 2.59. The summed E-state index contributed by atoms with van der Waals surface area (Å²) < 4.78 is 19.4. The van der Waals surface area contributed by atoms with Gasteiger partial charge < -0.3 is 4.74 Å². The van der Waals surface area contributed by atoms with Gasteiger partial charge in [0, 0.05) is 5.56 Å². The molecule has 2 nitrogen and oxygen atoms in total. The maximum Gasteiger partial charge on any atom is 0.170 e. The first kappa shape index (κ1) is 11.0. The first-order valence-electron chi connectivity index (χ1n) is 5.79. The third-order valence-corrected chi connectivity index (χ3v) is 3.08. The third kappa shape index (κ3) is 1.78. The molecule has 0 amide bonds. The van der Waals surface area contributed by atoms with Crippen molar-refractivity contribution in [2.75, 3.05) is 0 Å². The number of rotatable bonds is 1. The van der Waals surface area contributed by atoms with E-state index in [1.165, 1.54) is 6.07 Å². The fraction of sp³-hybridized carbons (Fsp3) is 0.133. The summed E-state index contributed by atoms with van der Waals surface area (Å²) in [6.45, 7) is 0. The average Bonchev–Trinajstić information content (AvgIpc) is 2.39. The minimum Gasteiger partial charge on any atom is -0.484 e. The molecule has 0 radical (unpaired) electrons. The van der Waals surface area contributed by atoms with Crippen LogP contribution in [0.4, 0.5) is 4.39 Å².